The van der Waals surface area contributed by atoms with Crippen molar-refractivity contribution in [1.82, 2.24) is 0 Å². The van der Waals surface area contributed by atoms with E-state index in [2.05, 4.69) is 27.7 Å². The number of hydrogen-bond acceptors (Lipinski definition) is 3. The third-order valence-corrected chi connectivity index (χ3v) is 4.21. The van der Waals surface area contributed by atoms with Crippen LogP contribution in [-0.2, 0) is 9.47 Å². The number of hydrogen-bond donors (Lipinski definition) is 1. The molecular formula is C15H28O3. The van der Waals surface area contributed by atoms with Gasteiger partial charge < -0.3 is 14.6 Å². The summed E-state index contributed by atoms with van der Waals surface area (Å²) < 4.78 is 11.2. The van der Waals surface area contributed by atoms with Gasteiger partial charge in [-0.05, 0) is 37.5 Å². The first-order valence-corrected chi connectivity index (χ1v) is 7.33. The van der Waals surface area contributed by atoms with E-state index in [1.165, 1.54) is 12.8 Å². The predicted octanol–water partition coefficient (Wildman–Crippen LogP) is 2.96. The second kappa shape index (κ2) is 5.48. The van der Waals surface area contributed by atoms with E-state index in [1.54, 1.807) is 0 Å². The van der Waals surface area contributed by atoms with Gasteiger partial charge in [-0.1, -0.05) is 27.7 Å². The molecule has 1 N–H and O–H groups in total. The van der Waals surface area contributed by atoms with Gasteiger partial charge >= 0.3 is 0 Å². The zero-order valence-electron chi connectivity index (χ0n) is 12.2. The maximum atomic E-state index is 10.2. The molecule has 0 aromatic heterocycles. The fraction of sp³-hybridized carbons (Fsp3) is 1.00. The van der Waals surface area contributed by atoms with Crippen molar-refractivity contribution in [2.45, 2.75) is 71.9 Å². The van der Waals surface area contributed by atoms with Gasteiger partial charge in [-0.15, -0.1) is 0 Å². The number of aliphatic hydroxyl groups excluding tert-OH is 1. The topological polar surface area (TPSA) is 42.0 Å². The van der Waals surface area contributed by atoms with Crippen LogP contribution in [0.2, 0.25) is 0 Å². The summed E-state index contributed by atoms with van der Waals surface area (Å²) in [4.78, 5) is 0. The van der Waals surface area contributed by atoms with Crippen LogP contribution in [0.3, 0.4) is 0 Å². The van der Waals surface area contributed by atoms with Crippen LogP contribution in [0.4, 0.5) is 0 Å². The van der Waals surface area contributed by atoms with E-state index in [4.69, 9.17) is 9.47 Å². The van der Waals surface area contributed by atoms with E-state index in [0.717, 1.165) is 12.8 Å². The van der Waals surface area contributed by atoms with Gasteiger partial charge in [-0.25, -0.2) is 0 Å². The SMILES string of the molecule is CC(C)CC(C)(C)C(O)OCC1CCC2OC2C1. The van der Waals surface area contributed by atoms with Crippen molar-refractivity contribution in [2.75, 3.05) is 6.61 Å². The van der Waals surface area contributed by atoms with Crippen LogP contribution in [-0.4, -0.2) is 30.2 Å². The minimum Gasteiger partial charge on any atom is -0.370 e. The molecule has 2 aliphatic rings. The van der Waals surface area contributed by atoms with Gasteiger partial charge in [0.2, 0.25) is 0 Å². The molecule has 2 rings (SSSR count). The molecule has 106 valence electrons. The molecule has 0 aromatic rings. The third kappa shape index (κ3) is 3.69. The Hall–Kier alpha value is -0.120. The first-order valence-electron chi connectivity index (χ1n) is 7.33. The molecule has 2 fully saturated rings. The highest BCUT2D eigenvalue weighted by molar-refractivity contribution is 4.91. The van der Waals surface area contributed by atoms with Crippen molar-refractivity contribution in [3.8, 4) is 0 Å². The van der Waals surface area contributed by atoms with Crippen molar-refractivity contribution in [2.24, 2.45) is 17.3 Å². The van der Waals surface area contributed by atoms with Gasteiger partial charge in [0.1, 0.15) is 0 Å². The number of aliphatic hydroxyl groups is 1. The van der Waals surface area contributed by atoms with Crippen LogP contribution in [0.15, 0.2) is 0 Å². The summed E-state index contributed by atoms with van der Waals surface area (Å²) in [5.74, 6) is 1.15. The molecule has 1 heterocycles. The molecule has 0 spiro atoms. The van der Waals surface area contributed by atoms with Gasteiger partial charge in [-0.3, -0.25) is 0 Å². The molecule has 1 saturated heterocycles. The summed E-state index contributed by atoms with van der Waals surface area (Å²) in [7, 11) is 0. The summed E-state index contributed by atoms with van der Waals surface area (Å²) in [6.45, 7) is 9.20. The largest absolute Gasteiger partial charge is 0.370 e. The monoisotopic (exact) mass is 256 g/mol. The molecule has 0 radical (unpaired) electrons. The summed E-state index contributed by atoms with van der Waals surface area (Å²) in [6, 6.07) is 0. The van der Waals surface area contributed by atoms with Crippen molar-refractivity contribution in [3.63, 3.8) is 0 Å². The van der Waals surface area contributed by atoms with E-state index < -0.39 is 6.29 Å². The lowest BCUT2D eigenvalue weighted by Gasteiger charge is -2.33. The van der Waals surface area contributed by atoms with Crippen LogP contribution < -0.4 is 0 Å². The second-order valence-electron chi connectivity index (χ2n) is 7.16. The molecule has 0 bridgehead atoms. The Balaban J connectivity index is 1.71. The van der Waals surface area contributed by atoms with Crippen molar-refractivity contribution < 1.29 is 14.6 Å². The van der Waals surface area contributed by atoms with E-state index in [0.29, 0.717) is 30.7 Å². The number of epoxide rings is 1. The lowest BCUT2D eigenvalue weighted by Crippen LogP contribution is -2.35. The molecule has 1 aliphatic carbocycles. The first kappa shape index (κ1) is 14.3. The normalized spacial score (nSPS) is 33.3. The summed E-state index contributed by atoms with van der Waals surface area (Å²) >= 11 is 0. The van der Waals surface area contributed by atoms with Gasteiger partial charge in [0.25, 0.3) is 0 Å². The number of rotatable bonds is 6. The Morgan fingerprint density at radius 1 is 1.28 bits per heavy atom. The lowest BCUT2D eigenvalue weighted by atomic mass is 9.83. The molecule has 4 atom stereocenters. The lowest BCUT2D eigenvalue weighted by molar-refractivity contribution is -0.177. The smallest absolute Gasteiger partial charge is 0.159 e. The Morgan fingerprint density at radius 3 is 2.61 bits per heavy atom. The maximum absolute atomic E-state index is 10.2. The highest BCUT2D eigenvalue weighted by Crippen LogP contribution is 2.40. The molecule has 0 aromatic carbocycles. The zero-order chi connectivity index (χ0) is 13.3. The fourth-order valence-corrected chi connectivity index (χ4v) is 3.24. The van der Waals surface area contributed by atoms with E-state index in [1.807, 2.05) is 0 Å². The van der Waals surface area contributed by atoms with E-state index in [-0.39, 0.29) is 5.41 Å². The molecule has 4 unspecified atom stereocenters. The van der Waals surface area contributed by atoms with Gasteiger partial charge in [0, 0.05) is 5.41 Å². The van der Waals surface area contributed by atoms with Crippen LogP contribution in [0.5, 0.6) is 0 Å². The molecule has 0 amide bonds. The van der Waals surface area contributed by atoms with Gasteiger partial charge in [0.15, 0.2) is 6.29 Å². The summed E-state index contributed by atoms with van der Waals surface area (Å²) in [6.07, 6.45) is 4.83. The predicted molar refractivity (Wildman–Crippen MR) is 71.2 cm³/mol. The van der Waals surface area contributed by atoms with Crippen molar-refractivity contribution in [1.29, 1.82) is 0 Å². The first-order chi connectivity index (χ1) is 8.38. The Bertz CT molecular complexity index is 275. The maximum Gasteiger partial charge on any atom is 0.159 e. The number of ether oxygens (including phenoxy) is 2. The molecule has 1 saturated carbocycles. The molecule has 3 heteroatoms. The molecular weight excluding hydrogens is 228 g/mol. The highest BCUT2D eigenvalue weighted by atomic mass is 16.6. The van der Waals surface area contributed by atoms with Crippen LogP contribution >= 0.6 is 0 Å². The number of fused-ring (bicyclic) bond motifs is 1. The van der Waals surface area contributed by atoms with Crippen LogP contribution in [0.1, 0.15) is 53.4 Å². The average Bonchev–Trinajstić information content (AvgIpc) is 3.01. The highest BCUT2D eigenvalue weighted by Gasteiger charge is 2.44. The Morgan fingerprint density at radius 2 is 2.00 bits per heavy atom. The van der Waals surface area contributed by atoms with Gasteiger partial charge in [0.05, 0.1) is 18.8 Å². The zero-order valence-corrected chi connectivity index (χ0v) is 12.2. The molecule has 3 nitrogen and oxygen atoms in total. The summed E-state index contributed by atoms with van der Waals surface area (Å²) in [5.41, 5.74) is -0.165. The minimum absolute atomic E-state index is 0.165. The van der Waals surface area contributed by atoms with E-state index in [9.17, 15) is 5.11 Å². The van der Waals surface area contributed by atoms with Crippen LogP contribution in [0.25, 0.3) is 0 Å². The Labute approximate surface area is 111 Å². The summed E-state index contributed by atoms with van der Waals surface area (Å²) in [5, 5.41) is 10.2. The molecule has 18 heavy (non-hydrogen) atoms. The van der Waals surface area contributed by atoms with Gasteiger partial charge in [-0.2, -0.15) is 0 Å². The van der Waals surface area contributed by atoms with Crippen molar-refractivity contribution >= 4 is 0 Å². The molecule has 1 aliphatic heterocycles. The average molecular weight is 256 g/mol. The van der Waals surface area contributed by atoms with E-state index >= 15 is 0 Å². The van der Waals surface area contributed by atoms with Crippen molar-refractivity contribution in [3.05, 3.63) is 0 Å². The quantitative estimate of drug-likeness (QED) is 0.587. The van der Waals surface area contributed by atoms with Crippen LogP contribution in [0, 0.1) is 17.3 Å². The second-order valence-corrected chi connectivity index (χ2v) is 7.16. The fourth-order valence-electron chi connectivity index (χ4n) is 3.24. The standard InChI is InChI=1S/C15H28O3/c1-10(2)8-15(3,4)14(16)17-9-11-5-6-12-13(7-11)18-12/h10-14,16H,5-9H2,1-4H3. The third-order valence-electron chi connectivity index (χ3n) is 4.21. The Kier molecular flexibility index (Phi) is 4.35. The minimum atomic E-state index is -0.655.